The van der Waals surface area contributed by atoms with Gasteiger partial charge >= 0.3 is 0 Å². The smallest absolute Gasteiger partial charge is 0.242 e. The van der Waals surface area contributed by atoms with E-state index in [1.165, 1.54) is 10.4 Å². The van der Waals surface area contributed by atoms with Crippen LogP contribution in [0.25, 0.3) is 0 Å². The predicted molar refractivity (Wildman–Crippen MR) is 136 cm³/mol. The Hall–Kier alpha value is -3.38. The highest BCUT2D eigenvalue weighted by molar-refractivity contribution is 7.10. The van der Waals surface area contributed by atoms with Crippen LogP contribution in [0.2, 0.25) is 0 Å². The van der Waals surface area contributed by atoms with Crippen molar-refractivity contribution in [2.45, 2.75) is 25.8 Å². The minimum absolute atomic E-state index is 0.0260. The lowest BCUT2D eigenvalue weighted by molar-refractivity contribution is -0.142. The van der Waals surface area contributed by atoms with E-state index >= 15 is 0 Å². The number of carbonyl (C=O) groups excluding carboxylic acids is 2. The quantitative estimate of drug-likeness (QED) is 0.418. The van der Waals surface area contributed by atoms with Crippen molar-refractivity contribution in [1.82, 2.24) is 9.80 Å². The number of aryl methyl sites for hydroxylation is 1. The Kier molecular flexibility index (Phi) is 7.80. The molecule has 1 atom stereocenters. The van der Waals surface area contributed by atoms with Gasteiger partial charge in [0.05, 0.1) is 12.5 Å². The fourth-order valence-corrected chi connectivity index (χ4v) is 5.16. The van der Waals surface area contributed by atoms with Crippen molar-refractivity contribution in [3.63, 3.8) is 0 Å². The van der Waals surface area contributed by atoms with Crippen LogP contribution >= 0.6 is 11.3 Å². The molecule has 2 amide bonds. The summed E-state index contributed by atoms with van der Waals surface area (Å²) in [6.07, 6.45) is 2.75. The normalized spacial score (nSPS) is 14.9. The highest BCUT2D eigenvalue weighted by Gasteiger charge is 2.33. The summed E-state index contributed by atoms with van der Waals surface area (Å²) in [6.45, 7) is 7.16. The molecule has 0 N–H and O–H groups in total. The molecule has 34 heavy (non-hydrogen) atoms. The van der Waals surface area contributed by atoms with Gasteiger partial charge in [0, 0.05) is 18.0 Å². The Bertz CT molecular complexity index is 1120. The molecule has 176 valence electrons. The average Bonchev–Trinajstić information content (AvgIpc) is 3.33. The fraction of sp³-hybridized carbons (Fsp3) is 0.286. The fourth-order valence-electron chi connectivity index (χ4n) is 4.23. The second-order valence-electron chi connectivity index (χ2n) is 8.50. The lowest BCUT2D eigenvalue weighted by Gasteiger charge is -2.37. The van der Waals surface area contributed by atoms with Crippen LogP contribution in [0.5, 0.6) is 5.75 Å². The molecule has 1 aromatic heterocycles. The average molecular weight is 475 g/mol. The highest BCUT2D eigenvalue weighted by Crippen LogP contribution is 2.34. The van der Waals surface area contributed by atoms with Crippen LogP contribution < -0.4 is 4.74 Å². The van der Waals surface area contributed by atoms with Crippen molar-refractivity contribution in [2.75, 3.05) is 26.2 Å². The summed E-state index contributed by atoms with van der Waals surface area (Å²) < 4.78 is 6.10. The van der Waals surface area contributed by atoms with Crippen LogP contribution in [0.1, 0.15) is 27.6 Å². The van der Waals surface area contributed by atoms with Crippen LogP contribution in [0.3, 0.4) is 0 Å². The number of ether oxygens (including phenoxy) is 1. The predicted octanol–water partition coefficient (Wildman–Crippen LogP) is 4.82. The molecule has 0 unspecified atom stereocenters. The molecule has 0 bridgehead atoms. The van der Waals surface area contributed by atoms with Gasteiger partial charge in [-0.25, -0.2) is 0 Å². The Morgan fingerprint density at radius 1 is 1.15 bits per heavy atom. The third-order valence-electron chi connectivity index (χ3n) is 6.07. The zero-order valence-corrected chi connectivity index (χ0v) is 20.3. The largest absolute Gasteiger partial charge is 0.491 e. The van der Waals surface area contributed by atoms with Crippen molar-refractivity contribution in [1.29, 1.82) is 0 Å². The van der Waals surface area contributed by atoms with Gasteiger partial charge in [0.15, 0.2) is 0 Å². The summed E-state index contributed by atoms with van der Waals surface area (Å²) in [6, 6.07) is 19.4. The molecule has 2 aromatic carbocycles. The summed E-state index contributed by atoms with van der Waals surface area (Å²) >= 11 is 1.72. The van der Waals surface area contributed by atoms with Crippen LogP contribution in [0.15, 0.2) is 78.7 Å². The van der Waals surface area contributed by atoms with Gasteiger partial charge in [-0.05, 0) is 48.1 Å². The maximum absolute atomic E-state index is 13.5. The molecule has 3 aromatic rings. The molecule has 1 aliphatic heterocycles. The van der Waals surface area contributed by atoms with Gasteiger partial charge in [-0.1, -0.05) is 54.1 Å². The number of hydrogen-bond donors (Lipinski definition) is 0. The molecule has 0 aliphatic carbocycles. The standard InChI is InChI=1S/C28H30N2O3S/c1-3-15-29(27(31)18-22-7-5-4-6-8-22)19-28(32)30-16-13-26-24(14-17-34-26)25(30)20-33-23-11-9-21(2)10-12-23/h3-12,14,17,25H,1,13,15-16,18-20H2,2H3/t25-/m1/s1. The number of hydrogen-bond acceptors (Lipinski definition) is 4. The lowest BCUT2D eigenvalue weighted by Crippen LogP contribution is -2.48. The summed E-state index contributed by atoms with van der Waals surface area (Å²) in [7, 11) is 0. The minimum atomic E-state index is -0.182. The number of fused-ring (bicyclic) bond motifs is 1. The van der Waals surface area contributed by atoms with Gasteiger partial charge in [-0.2, -0.15) is 0 Å². The van der Waals surface area contributed by atoms with Crippen LogP contribution in [-0.4, -0.2) is 47.9 Å². The Morgan fingerprint density at radius 2 is 1.91 bits per heavy atom. The van der Waals surface area contributed by atoms with Crippen molar-refractivity contribution >= 4 is 23.2 Å². The van der Waals surface area contributed by atoms with Gasteiger partial charge in [-0.3, -0.25) is 9.59 Å². The molecule has 4 rings (SSSR count). The maximum Gasteiger partial charge on any atom is 0.242 e. The first-order chi connectivity index (χ1) is 16.5. The molecule has 5 nitrogen and oxygen atoms in total. The zero-order chi connectivity index (χ0) is 23.9. The van der Waals surface area contributed by atoms with Crippen molar-refractivity contribution in [3.8, 4) is 5.75 Å². The van der Waals surface area contributed by atoms with E-state index < -0.39 is 0 Å². The Balaban J connectivity index is 1.47. The van der Waals surface area contributed by atoms with Crippen LogP contribution in [0, 0.1) is 6.92 Å². The molecule has 0 saturated carbocycles. The van der Waals surface area contributed by atoms with Crippen LogP contribution in [-0.2, 0) is 22.4 Å². The number of amides is 2. The van der Waals surface area contributed by atoms with E-state index in [4.69, 9.17) is 4.74 Å². The van der Waals surface area contributed by atoms with E-state index in [0.717, 1.165) is 23.3 Å². The molecule has 2 heterocycles. The van der Waals surface area contributed by atoms with E-state index in [1.54, 1.807) is 22.3 Å². The van der Waals surface area contributed by atoms with E-state index in [9.17, 15) is 9.59 Å². The van der Waals surface area contributed by atoms with E-state index in [1.807, 2.05) is 66.4 Å². The molecule has 0 radical (unpaired) electrons. The SMILES string of the molecule is C=CCN(CC(=O)N1CCc2sccc2[C@H]1COc1ccc(C)cc1)C(=O)Cc1ccccc1. The molecule has 0 spiro atoms. The number of rotatable bonds is 9. The maximum atomic E-state index is 13.5. The number of carbonyl (C=O) groups is 2. The Labute approximate surface area is 205 Å². The van der Waals surface area contributed by atoms with Gasteiger partial charge in [0.1, 0.15) is 18.9 Å². The molecule has 0 saturated heterocycles. The Morgan fingerprint density at radius 3 is 2.65 bits per heavy atom. The van der Waals surface area contributed by atoms with Gasteiger partial charge in [-0.15, -0.1) is 17.9 Å². The third kappa shape index (κ3) is 5.75. The second-order valence-corrected chi connectivity index (χ2v) is 9.50. The lowest BCUT2D eigenvalue weighted by atomic mass is 10.0. The number of nitrogens with zero attached hydrogens (tertiary/aromatic N) is 2. The van der Waals surface area contributed by atoms with Crippen molar-refractivity contribution in [3.05, 3.63) is 100 Å². The summed E-state index contributed by atoms with van der Waals surface area (Å²) in [5, 5.41) is 2.07. The van der Waals surface area contributed by atoms with Crippen LogP contribution in [0.4, 0.5) is 0 Å². The summed E-state index contributed by atoms with van der Waals surface area (Å²) in [5.41, 5.74) is 3.24. The van der Waals surface area contributed by atoms with E-state index in [2.05, 4.69) is 18.0 Å². The topological polar surface area (TPSA) is 49.9 Å². The van der Waals surface area contributed by atoms with Crippen molar-refractivity contribution in [2.24, 2.45) is 0 Å². The summed E-state index contributed by atoms with van der Waals surface area (Å²) in [5.74, 6) is 0.629. The number of benzene rings is 2. The number of thiophene rings is 1. The zero-order valence-electron chi connectivity index (χ0n) is 19.5. The summed E-state index contributed by atoms with van der Waals surface area (Å²) in [4.78, 5) is 31.2. The molecular weight excluding hydrogens is 444 g/mol. The van der Waals surface area contributed by atoms with Gasteiger partial charge in [0.2, 0.25) is 11.8 Å². The van der Waals surface area contributed by atoms with E-state index in [-0.39, 0.29) is 30.8 Å². The first-order valence-corrected chi connectivity index (χ1v) is 12.4. The van der Waals surface area contributed by atoms with Crippen molar-refractivity contribution < 1.29 is 14.3 Å². The third-order valence-corrected chi connectivity index (χ3v) is 7.07. The molecule has 1 aliphatic rings. The first kappa shape index (κ1) is 23.8. The molecule has 6 heteroatoms. The van der Waals surface area contributed by atoms with E-state index in [0.29, 0.717) is 19.7 Å². The minimum Gasteiger partial charge on any atom is -0.491 e. The highest BCUT2D eigenvalue weighted by atomic mass is 32.1. The molecule has 0 fully saturated rings. The first-order valence-electron chi connectivity index (χ1n) is 11.5. The van der Waals surface area contributed by atoms with Gasteiger partial charge < -0.3 is 14.5 Å². The van der Waals surface area contributed by atoms with Gasteiger partial charge in [0.25, 0.3) is 0 Å². The second kappa shape index (κ2) is 11.2. The monoisotopic (exact) mass is 474 g/mol. The molecular formula is C28H30N2O3S.